The van der Waals surface area contributed by atoms with Gasteiger partial charge in [0.15, 0.2) is 0 Å². The van der Waals surface area contributed by atoms with Crippen LogP contribution < -0.4 is 0 Å². The van der Waals surface area contributed by atoms with Crippen molar-refractivity contribution in [3.63, 3.8) is 0 Å². The van der Waals surface area contributed by atoms with Gasteiger partial charge in [-0.3, -0.25) is 0 Å². The van der Waals surface area contributed by atoms with Gasteiger partial charge in [-0.25, -0.2) is 9.59 Å². The quantitative estimate of drug-likeness (QED) is 0.267. The fourth-order valence-corrected chi connectivity index (χ4v) is 9.82. The van der Waals surface area contributed by atoms with Crippen LogP contribution >= 0.6 is 0 Å². The van der Waals surface area contributed by atoms with Gasteiger partial charge in [-0.1, -0.05) is 77.7 Å². The van der Waals surface area contributed by atoms with E-state index in [2.05, 4.69) is 40.7 Å². The number of fused-ring (bicyclic) bond motifs is 5. The molecule has 0 saturated heterocycles. The molecular formula is C35H50O4. The summed E-state index contributed by atoms with van der Waals surface area (Å²) in [5, 5.41) is 9.49. The number of ether oxygens (including phenoxy) is 1. The van der Waals surface area contributed by atoms with Gasteiger partial charge >= 0.3 is 11.9 Å². The van der Waals surface area contributed by atoms with Crippen LogP contribution in [0.4, 0.5) is 0 Å². The monoisotopic (exact) mass is 534 g/mol. The van der Waals surface area contributed by atoms with Crippen molar-refractivity contribution < 1.29 is 19.4 Å². The van der Waals surface area contributed by atoms with E-state index in [1.54, 1.807) is 18.2 Å². The Morgan fingerprint density at radius 1 is 0.974 bits per heavy atom. The number of carbonyl (C=O) groups excluding carboxylic acids is 1. The van der Waals surface area contributed by atoms with Crippen LogP contribution in [-0.2, 0) is 4.74 Å². The number of hydrogen-bond donors (Lipinski definition) is 1. The number of aromatic carboxylic acids is 1. The predicted octanol–water partition coefficient (Wildman–Crippen LogP) is 8.95. The lowest BCUT2D eigenvalue weighted by Crippen LogP contribution is -2.51. The molecule has 1 aromatic carbocycles. The van der Waals surface area contributed by atoms with Crippen LogP contribution in [0.3, 0.4) is 0 Å². The average molecular weight is 535 g/mol. The van der Waals surface area contributed by atoms with Crippen LogP contribution in [0.1, 0.15) is 126 Å². The Hall–Kier alpha value is -2.10. The first-order valence-electron chi connectivity index (χ1n) is 15.8. The minimum Gasteiger partial charge on any atom is -0.478 e. The second-order valence-electron chi connectivity index (χ2n) is 14.4. The van der Waals surface area contributed by atoms with Gasteiger partial charge in [-0.15, -0.1) is 0 Å². The number of hydrogen-bond acceptors (Lipinski definition) is 3. The zero-order valence-corrected chi connectivity index (χ0v) is 24.9. The number of allylic oxidation sites excluding steroid dienone is 1. The highest BCUT2D eigenvalue weighted by Gasteiger charge is 2.59. The molecule has 0 aromatic heterocycles. The molecule has 3 saturated carbocycles. The summed E-state index contributed by atoms with van der Waals surface area (Å²) in [6, 6.07) is 6.37. The van der Waals surface area contributed by atoms with Crippen LogP contribution in [0.15, 0.2) is 35.9 Å². The van der Waals surface area contributed by atoms with E-state index in [0.29, 0.717) is 5.41 Å². The van der Waals surface area contributed by atoms with E-state index in [-0.39, 0.29) is 22.6 Å². The Labute approximate surface area is 236 Å². The van der Waals surface area contributed by atoms with Crippen molar-refractivity contribution in [1.29, 1.82) is 0 Å². The van der Waals surface area contributed by atoms with Gasteiger partial charge < -0.3 is 9.84 Å². The third kappa shape index (κ3) is 5.22. The number of carboxylic acid groups (broad SMARTS) is 1. The van der Waals surface area contributed by atoms with Gasteiger partial charge in [0.1, 0.15) is 6.10 Å². The van der Waals surface area contributed by atoms with Crippen LogP contribution in [0.5, 0.6) is 0 Å². The Morgan fingerprint density at radius 2 is 1.72 bits per heavy atom. The second-order valence-corrected chi connectivity index (χ2v) is 14.4. The van der Waals surface area contributed by atoms with E-state index < -0.39 is 11.9 Å². The molecule has 1 aromatic rings. The zero-order chi connectivity index (χ0) is 27.9. The Bertz CT molecular complexity index is 1100. The van der Waals surface area contributed by atoms with Gasteiger partial charge in [-0.2, -0.15) is 0 Å². The van der Waals surface area contributed by atoms with Crippen molar-refractivity contribution in [3.05, 3.63) is 47.0 Å². The molecule has 3 fully saturated rings. The molecule has 0 radical (unpaired) electrons. The van der Waals surface area contributed by atoms with Crippen LogP contribution in [0.25, 0.3) is 0 Å². The fourth-order valence-electron chi connectivity index (χ4n) is 9.82. The van der Waals surface area contributed by atoms with Gasteiger partial charge in [0.2, 0.25) is 0 Å². The summed E-state index contributed by atoms with van der Waals surface area (Å²) in [6.07, 6.45) is 15.9. The molecule has 4 nitrogen and oxygen atoms in total. The third-order valence-corrected chi connectivity index (χ3v) is 11.9. The summed E-state index contributed by atoms with van der Waals surface area (Å²) < 4.78 is 5.93. The molecule has 4 heteroatoms. The molecule has 5 rings (SSSR count). The molecule has 0 bridgehead atoms. The topological polar surface area (TPSA) is 63.6 Å². The molecule has 4 aliphatic rings. The first kappa shape index (κ1) is 28.4. The maximum absolute atomic E-state index is 12.9. The van der Waals surface area contributed by atoms with Crippen molar-refractivity contribution >= 4 is 11.9 Å². The molecular weight excluding hydrogens is 484 g/mol. The lowest BCUT2D eigenvalue weighted by molar-refractivity contribution is -0.0594. The van der Waals surface area contributed by atoms with Crippen molar-refractivity contribution in [2.75, 3.05) is 0 Å². The summed E-state index contributed by atoms with van der Waals surface area (Å²) in [4.78, 5) is 24.5. The van der Waals surface area contributed by atoms with E-state index >= 15 is 0 Å². The molecule has 214 valence electrons. The zero-order valence-electron chi connectivity index (χ0n) is 24.9. The lowest BCUT2D eigenvalue weighted by Gasteiger charge is -2.58. The highest BCUT2D eigenvalue weighted by Crippen LogP contribution is 2.67. The lowest BCUT2D eigenvalue weighted by atomic mass is 9.47. The molecule has 0 spiro atoms. The van der Waals surface area contributed by atoms with E-state index in [4.69, 9.17) is 4.74 Å². The SMILES string of the molecule is CC(C)CCC[C@@H](C)[C@H]1CC[C@H]2[C@@H]3CC=C4C[C@H](OC(=O)c5ccccc5C(=O)O)CC[C@]4(C)[C@H]3CC[C@]12C. The molecule has 0 heterocycles. The predicted molar refractivity (Wildman–Crippen MR) is 156 cm³/mol. The van der Waals surface area contributed by atoms with Gasteiger partial charge in [-0.05, 0) is 103 Å². The first-order chi connectivity index (χ1) is 18.5. The van der Waals surface area contributed by atoms with E-state index in [1.807, 2.05) is 0 Å². The molecule has 8 atom stereocenters. The van der Waals surface area contributed by atoms with Gasteiger partial charge in [0, 0.05) is 6.42 Å². The maximum atomic E-state index is 12.9. The van der Waals surface area contributed by atoms with Crippen molar-refractivity contribution in [1.82, 2.24) is 0 Å². The number of carbonyl (C=O) groups is 2. The van der Waals surface area contributed by atoms with Crippen LogP contribution in [0.2, 0.25) is 0 Å². The number of carboxylic acids is 1. The fraction of sp³-hybridized carbons (Fsp3) is 0.714. The standard InChI is InChI=1S/C35H50O4/c1-22(2)9-8-10-23(3)29-15-16-30-28-14-13-24-21-25(17-19-34(24,4)31(28)18-20-35(29,30)5)39-33(38)27-12-7-6-11-26(27)32(36)37/h6-7,11-13,22-23,25,28-31H,8-10,14-21H2,1-5H3,(H,36,37)/t23-,25-,28+,29-,30+,31+,34+,35-/m1/s1. The molecule has 0 aliphatic heterocycles. The Kier molecular flexibility index (Phi) is 8.06. The highest BCUT2D eigenvalue weighted by atomic mass is 16.5. The van der Waals surface area contributed by atoms with E-state index in [9.17, 15) is 14.7 Å². The molecule has 0 unspecified atom stereocenters. The normalized spacial score (nSPS) is 36.4. The average Bonchev–Trinajstić information content (AvgIpc) is 3.26. The number of rotatable bonds is 8. The summed E-state index contributed by atoms with van der Waals surface area (Å²) in [5.41, 5.74) is 2.34. The van der Waals surface area contributed by atoms with Crippen LogP contribution in [-0.4, -0.2) is 23.1 Å². The van der Waals surface area contributed by atoms with Gasteiger partial charge in [0.25, 0.3) is 0 Å². The minimum atomic E-state index is -1.09. The van der Waals surface area contributed by atoms with E-state index in [1.165, 1.54) is 63.0 Å². The van der Waals surface area contributed by atoms with Crippen LogP contribution in [0, 0.1) is 46.3 Å². The Balaban J connectivity index is 1.26. The van der Waals surface area contributed by atoms with Gasteiger partial charge in [0.05, 0.1) is 11.1 Å². The summed E-state index contributed by atoms with van der Waals surface area (Å²) >= 11 is 0. The molecule has 4 aliphatic carbocycles. The summed E-state index contributed by atoms with van der Waals surface area (Å²) in [5.74, 6) is 3.26. The number of benzene rings is 1. The largest absolute Gasteiger partial charge is 0.478 e. The molecule has 1 N–H and O–H groups in total. The Morgan fingerprint density at radius 3 is 2.44 bits per heavy atom. The highest BCUT2D eigenvalue weighted by molar-refractivity contribution is 6.02. The van der Waals surface area contributed by atoms with E-state index in [0.717, 1.165) is 54.8 Å². The summed E-state index contributed by atoms with van der Waals surface area (Å²) in [6.45, 7) is 12.4. The van der Waals surface area contributed by atoms with Crippen molar-refractivity contribution in [2.45, 2.75) is 111 Å². The maximum Gasteiger partial charge on any atom is 0.339 e. The smallest absolute Gasteiger partial charge is 0.339 e. The number of esters is 1. The van der Waals surface area contributed by atoms with Crippen molar-refractivity contribution in [3.8, 4) is 0 Å². The minimum absolute atomic E-state index is 0.0113. The third-order valence-electron chi connectivity index (χ3n) is 11.9. The molecule has 39 heavy (non-hydrogen) atoms. The molecule has 0 amide bonds. The first-order valence-corrected chi connectivity index (χ1v) is 15.8. The summed E-state index contributed by atoms with van der Waals surface area (Å²) in [7, 11) is 0. The van der Waals surface area contributed by atoms with Crippen molar-refractivity contribution in [2.24, 2.45) is 46.3 Å². The second kappa shape index (κ2) is 11.1.